The Morgan fingerprint density at radius 1 is 0.681 bits per heavy atom. The van der Waals surface area contributed by atoms with Crippen LogP contribution in [0.4, 0.5) is 0 Å². The minimum absolute atomic E-state index is 0.202. The molecule has 0 amide bonds. The molecule has 236 valence electrons. The van der Waals surface area contributed by atoms with Crippen LogP contribution in [-0.4, -0.2) is 19.5 Å². The second kappa shape index (κ2) is 11.6. The van der Waals surface area contributed by atoms with E-state index in [1.54, 1.807) is 31.6 Å². The van der Waals surface area contributed by atoms with Crippen LogP contribution in [0.1, 0.15) is 38.9 Å². The monoisotopic (exact) mass is 659 g/mol. The number of hydrogen-bond donors (Lipinski definition) is 0. The summed E-state index contributed by atoms with van der Waals surface area (Å²) in [6.07, 6.45) is 3.46. The number of aryl methyl sites for hydroxylation is 3. The number of ether oxygens (including phenoxy) is 2. The van der Waals surface area contributed by atoms with Gasteiger partial charge in [0.1, 0.15) is 5.75 Å². The molecule has 1 fully saturated rings. The van der Waals surface area contributed by atoms with Crippen molar-refractivity contribution < 1.29 is 17.9 Å². The number of halogens is 1. The van der Waals surface area contributed by atoms with Crippen LogP contribution in [0.3, 0.4) is 0 Å². The lowest BCUT2D eigenvalue weighted by Gasteiger charge is -2.24. The zero-order chi connectivity index (χ0) is 33.0. The number of hydrogen-bond acceptors (Lipinski definition) is 4. The van der Waals surface area contributed by atoms with Crippen LogP contribution >= 0.6 is 11.6 Å². The van der Waals surface area contributed by atoms with Crippen molar-refractivity contribution in [2.24, 2.45) is 0 Å². The fraction of sp³-hybridized carbons (Fsp3) is 0.150. The highest BCUT2D eigenvalue weighted by Gasteiger charge is 2.74. The summed E-state index contributed by atoms with van der Waals surface area (Å²) in [5, 5.41) is 0.618. The maximum absolute atomic E-state index is 14.3. The molecule has 1 aromatic heterocycles. The molecule has 6 aromatic rings. The Hall–Kier alpha value is -4.62. The highest BCUT2D eigenvalue weighted by atomic mass is 35.5. The fourth-order valence-corrected chi connectivity index (χ4v) is 8.48. The van der Waals surface area contributed by atoms with E-state index in [0.717, 1.165) is 50.1 Å². The van der Waals surface area contributed by atoms with Crippen LogP contribution in [0, 0.1) is 20.8 Å². The van der Waals surface area contributed by atoms with Gasteiger partial charge >= 0.3 is 0 Å². The number of nitrogens with zero attached hydrogens (tertiary/aromatic N) is 1. The molecular weight excluding hydrogens is 626 g/mol. The number of rotatable bonds is 8. The predicted octanol–water partition coefficient (Wildman–Crippen LogP) is 9.20. The lowest BCUT2D eigenvalue weighted by atomic mass is 9.72. The molecule has 1 aliphatic rings. The van der Waals surface area contributed by atoms with E-state index >= 15 is 0 Å². The third-order valence-corrected chi connectivity index (χ3v) is 11.0. The van der Waals surface area contributed by atoms with Gasteiger partial charge in [0.15, 0.2) is 11.2 Å². The van der Waals surface area contributed by atoms with Crippen molar-refractivity contribution in [2.45, 2.75) is 36.9 Å². The van der Waals surface area contributed by atoms with Gasteiger partial charge in [-0.25, -0.2) is 12.4 Å². The van der Waals surface area contributed by atoms with Crippen LogP contribution in [0.25, 0.3) is 11.1 Å². The lowest BCUT2D eigenvalue weighted by Crippen LogP contribution is -2.26. The van der Waals surface area contributed by atoms with Crippen molar-refractivity contribution in [3.8, 4) is 16.9 Å². The first-order valence-corrected chi connectivity index (χ1v) is 17.2. The van der Waals surface area contributed by atoms with Gasteiger partial charge in [-0.3, -0.25) is 0 Å². The molecule has 1 saturated heterocycles. The van der Waals surface area contributed by atoms with Gasteiger partial charge in [-0.15, -0.1) is 0 Å². The maximum atomic E-state index is 14.3. The number of methoxy groups -OCH3 is 1. The SMILES string of the molecule is COc1ccc(C2(c3cn(S(=O)(=O)c4ccc(C)cc4)cc3-c3c(C)cc(Cl)cc3C)OC2(c2ccccc2)c2ccccc2)cc1. The van der Waals surface area contributed by atoms with E-state index in [9.17, 15) is 8.42 Å². The minimum Gasteiger partial charge on any atom is -0.497 e. The molecule has 0 N–H and O–H groups in total. The number of epoxide rings is 1. The van der Waals surface area contributed by atoms with E-state index in [2.05, 4.69) is 24.3 Å². The molecule has 7 heteroatoms. The van der Waals surface area contributed by atoms with E-state index in [1.165, 1.54) is 3.97 Å². The van der Waals surface area contributed by atoms with Crippen molar-refractivity contribution in [1.29, 1.82) is 0 Å². The van der Waals surface area contributed by atoms with Crippen LogP contribution in [0.5, 0.6) is 5.75 Å². The summed E-state index contributed by atoms with van der Waals surface area (Å²) < 4.78 is 42.8. The summed E-state index contributed by atoms with van der Waals surface area (Å²) in [4.78, 5) is 0.202. The average molecular weight is 660 g/mol. The number of benzene rings is 5. The van der Waals surface area contributed by atoms with E-state index in [4.69, 9.17) is 21.1 Å². The molecule has 0 saturated carbocycles. The van der Waals surface area contributed by atoms with Crippen LogP contribution in [0.15, 0.2) is 139 Å². The summed E-state index contributed by atoms with van der Waals surface area (Å²) in [6.45, 7) is 5.93. The van der Waals surface area contributed by atoms with Gasteiger partial charge in [-0.1, -0.05) is 102 Å². The van der Waals surface area contributed by atoms with Crippen LogP contribution in [0.2, 0.25) is 5.02 Å². The summed E-state index contributed by atoms with van der Waals surface area (Å²) >= 11 is 6.51. The maximum Gasteiger partial charge on any atom is 0.267 e. The van der Waals surface area contributed by atoms with Gasteiger partial charge < -0.3 is 9.47 Å². The summed E-state index contributed by atoms with van der Waals surface area (Å²) in [7, 11) is -2.34. The molecule has 47 heavy (non-hydrogen) atoms. The molecule has 2 heterocycles. The van der Waals surface area contributed by atoms with Gasteiger partial charge in [0.2, 0.25) is 0 Å². The molecule has 7 rings (SSSR count). The van der Waals surface area contributed by atoms with Gasteiger partial charge in [0.25, 0.3) is 10.0 Å². The zero-order valence-corrected chi connectivity index (χ0v) is 28.1. The molecule has 5 nitrogen and oxygen atoms in total. The van der Waals surface area contributed by atoms with Gasteiger partial charge in [0, 0.05) is 28.5 Å². The molecule has 1 aliphatic heterocycles. The average Bonchev–Trinajstić information content (AvgIpc) is 3.60. The van der Waals surface area contributed by atoms with Gasteiger partial charge in [0.05, 0.1) is 12.0 Å². The smallest absolute Gasteiger partial charge is 0.267 e. The molecule has 1 atom stereocenters. The van der Waals surface area contributed by atoms with E-state index in [1.807, 2.05) is 106 Å². The third kappa shape index (κ3) is 4.91. The predicted molar refractivity (Wildman–Crippen MR) is 187 cm³/mol. The molecule has 1 unspecified atom stereocenters. The molecular formula is C40H34ClNO4S. The first-order chi connectivity index (χ1) is 22.6. The molecule has 0 aliphatic carbocycles. The van der Waals surface area contributed by atoms with Crippen LogP contribution < -0.4 is 4.74 Å². The van der Waals surface area contributed by atoms with Crippen molar-refractivity contribution in [3.05, 3.63) is 178 Å². The van der Waals surface area contributed by atoms with Gasteiger partial charge in [-0.05, 0) is 90.6 Å². The highest BCUT2D eigenvalue weighted by molar-refractivity contribution is 7.90. The van der Waals surface area contributed by atoms with Crippen molar-refractivity contribution >= 4 is 21.6 Å². The molecule has 0 spiro atoms. The Labute approximate surface area is 281 Å². The summed E-state index contributed by atoms with van der Waals surface area (Å²) in [5.41, 5.74) is 5.87. The summed E-state index contributed by atoms with van der Waals surface area (Å²) in [6, 6.07) is 38.8. The van der Waals surface area contributed by atoms with Crippen molar-refractivity contribution in [3.63, 3.8) is 0 Å². The quantitative estimate of drug-likeness (QED) is 0.153. The van der Waals surface area contributed by atoms with Gasteiger partial charge in [-0.2, -0.15) is 0 Å². The standard InChI is InChI=1S/C40H34ClNO4S/c1-27-15-21-35(22-16-27)47(43,44)42-25-36(38-28(2)23-33(41)24-29(38)3)37(26-42)40(32-17-19-34(45-4)20-18-32)39(46-40,30-11-7-5-8-12-30)31-13-9-6-10-14-31/h5-26H,1-4H3. The third-order valence-electron chi connectivity index (χ3n) is 9.16. The Kier molecular flexibility index (Phi) is 7.63. The molecule has 5 aromatic carbocycles. The second-order valence-corrected chi connectivity index (χ2v) is 14.4. The lowest BCUT2D eigenvalue weighted by molar-refractivity contribution is 0.300. The van der Waals surface area contributed by atoms with Crippen LogP contribution in [-0.2, 0) is 26.0 Å². The minimum atomic E-state index is -3.98. The highest BCUT2D eigenvalue weighted by Crippen LogP contribution is 2.70. The van der Waals surface area contributed by atoms with E-state index in [-0.39, 0.29) is 4.90 Å². The first kappa shape index (κ1) is 31.0. The summed E-state index contributed by atoms with van der Waals surface area (Å²) in [5.74, 6) is 0.707. The van der Waals surface area contributed by atoms with Crippen molar-refractivity contribution in [1.82, 2.24) is 3.97 Å². The van der Waals surface area contributed by atoms with Crippen molar-refractivity contribution in [2.75, 3.05) is 7.11 Å². The Morgan fingerprint density at radius 3 is 1.74 bits per heavy atom. The normalized spacial score (nSPS) is 17.0. The molecule has 0 radical (unpaired) electrons. The fourth-order valence-electron chi connectivity index (χ4n) is 6.95. The van der Waals surface area contributed by atoms with E-state index < -0.39 is 21.2 Å². The Balaban J connectivity index is 1.59. The zero-order valence-electron chi connectivity index (χ0n) is 26.6. The molecule has 0 bridgehead atoms. The first-order valence-electron chi connectivity index (χ1n) is 15.4. The Morgan fingerprint density at radius 2 is 1.21 bits per heavy atom. The van der Waals surface area contributed by atoms with E-state index in [0.29, 0.717) is 10.8 Å². The number of aromatic nitrogens is 1. The largest absolute Gasteiger partial charge is 0.497 e. The second-order valence-electron chi connectivity index (χ2n) is 12.1. The topological polar surface area (TPSA) is 60.8 Å². The Bertz CT molecular complexity index is 2130.